The number of benzene rings is 2. The second-order valence-corrected chi connectivity index (χ2v) is 14.2. The molecule has 6 rings (SSSR count). The fraction of sp³-hybridized carbons (Fsp3) is 0.405. The van der Waals surface area contributed by atoms with Crippen LogP contribution in [0.2, 0.25) is 0 Å². The summed E-state index contributed by atoms with van der Waals surface area (Å²) in [6, 6.07) is 5.04. The van der Waals surface area contributed by atoms with Gasteiger partial charge in [-0.1, -0.05) is 19.9 Å². The molecular weight excluding hydrogens is 651 g/mol. The first kappa shape index (κ1) is 34.8. The molecule has 4 aromatic rings. The fourth-order valence-corrected chi connectivity index (χ4v) is 7.02. The van der Waals surface area contributed by atoms with Crippen LogP contribution < -0.4 is 20.1 Å². The highest BCUT2D eigenvalue weighted by molar-refractivity contribution is 6.12. The number of rotatable bonds is 4. The summed E-state index contributed by atoms with van der Waals surface area (Å²) in [4.78, 5) is 51.0. The van der Waals surface area contributed by atoms with Gasteiger partial charge >= 0.3 is 6.09 Å². The molecule has 0 unspecified atom stereocenters. The second-order valence-electron chi connectivity index (χ2n) is 14.2. The van der Waals surface area contributed by atoms with Crippen molar-refractivity contribution in [1.82, 2.24) is 14.5 Å². The predicted molar refractivity (Wildman–Crippen MR) is 185 cm³/mol. The number of pyridine rings is 2. The first-order valence-corrected chi connectivity index (χ1v) is 16.4. The lowest BCUT2D eigenvalue weighted by atomic mass is 9.95. The van der Waals surface area contributed by atoms with Crippen molar-refractivity contribution < 1.29 is 32.2 Å². The van der Waals surface area contributed by atoms with E-state index in [2.05, 4.69) is 4.98 Å². The number of hydrogen-bond acceptors (Lipinski definition) is 7. The number of likely N-dealkylation sites (N-methyl/N-ethyl adjacent to an activating group) is 1. The van der Waals surface area contributed by atoms with Crippen molar-refractivity contribution in [3.05, 3.63) is 75.6 Å². The van der Waals surface area contributed by atoms with Gasteiger partial charge in [0.05, 0.1) is 47.4 Å². The summed E-state index contributed by atoms with van der Waals surface area (Å²) in [7, 11) is 2.69. The number of methoxy groups -OCH3 is 1. The zero-order valence-corrected chi connectivity index (χ0v) is 29.5. The van der Waals surface area contributed by atoms with E-state index in [1.165, 1.54) is 36.1 Å². The van der Waals surface area contributed by atoms with Crippen molar-refractivity contribution in [1.29, 1.82) is 0 Å². The van der Waals surface area contributed by atoms with Crippen molar-refractivity contribution in [2.75, 3.05) is 37.0 Å². The van der Waals surface area contributed by atoms with Gasteiger partial charge in [-0.3, -0.25) is 19.1 Å². The normalized spacial score (nSPS) is 17.7. The SMILES string of the molecule is COc1cccc(F)c1-c1c(F)cc2c3c(c(=O)n(-c4c(C)ccnc4C(C)C)c2c1F)N(C)C(=O)[C@H]1CN(C(=O)OC(C)(C)C)[C@H](C)CN31. The average Bonchev–Trinajstić information content (AvgIpc) is 3.03. The Morgan fingerprint density at radius 2 is 1.70 bits per heavy atom. The van der Waals surface area contributed by atoms with Crippen LogP contribution in [0.15, 0.2) is 41.3 Å². The van der Waals surface area contributed by atoms with Gasteiger partial charge in [-0.25, -0.2) is 18.0 Å². The highest BCUT2D eigenvalue weighted by Gasteiger charge is 2.47. The van der Waals surface area contributed by atoms with Crippen LogP contribution in [0.5, 0.6) is 5.75 Å². The van der Waals surface area contributed by atoms with Crippen LogP contribution in [0.25, 0.3) is 27.7 Å². The van der Waals surface area contributed by atoms with Crippen LogP contribution >= 0.6 is 0 Å². The summed E-state index contributed by atoms with van der Waals surface area (Å²) < 4.78 is 61.5. The van der Waals surface area contributed by atoms with Gasteiger partial charge in [-0.2, -0.15) is 0 Å². The van der Waals surface area contributed by atoms with Crippen LogP contribution in [0, 0.1) is 24.4 Å². The molecule has 2 aliphatic heterocycles. The van der Waals surface area contributed by atoms with Crippen molar-refractivity contribution in [2.24, 2.45) is 0 Å². The quantitative estimate of drug-likeness (QED) is 0.235. The molecule has 13 heteroatoms. The van der Waals surface area contributed by atoms with Gasteiger partial charge in [-0.05, 0) is 70.4 Å². The van der Waals surface area contributed by atoms with E-state index in [4.69, 9.17) is 9.47 Å². The third kappa shape index (κ3) is 5.43. The van der Waals surface area contributed by atoms with Crippen molar-refractivity contribution in [3.8, 4) is 22.6 Å². The molecule has 0 radical (unpaired) electrons. The number of halogens is 3. The maximum atomic E-state index is 17.5. The molecule has 2 aromatic carbocycles. The van der Waals surface area contributed by atoms with Gasteiger partial charge in [-0.15, -0.1) is 0 Å². The van der Waals surface area contributed by atoms with Crippen LogP contribution in [-0.2, 0) is 9.53 Å². The third-order valence-corrected chi connectivity index (χ3v) is 9.28. The van der Waals surface area contributed by atoms with Crippen LogP contribution in [0.3, 0.4) is 0 Å². The minimum Gasteiger partial charge on any atom is -0.496 e. The van der Waals surface area contributed by atoms with E-state index < -0.39 is 63.8 Å². The topological polar surface area (TPSA) is 97.2 Å². The molecule has 0 bridgehead atoms. The molecule has 264 valence electrons. The number of ether oxygens (including phenoxy) is 2. The monoisotopic (exact) mass is 691 g/mol. The standard InChI is InChI=1S/C37H40F3N5O5/c1-18(2)29-30(19(3)13-14-41-29)45-31-21(15-23(39)27(28(31)40)26-22(38)11-10-12-25(26)49-9)32-33(35(45)47)42(8)34(46)24-17-43(20(4)16-44(24)32)36(48)50-37(5,6)7/h10-15,18,20,24H,16-17H2,1-9H3/t20-,24-/m1/s1. The van der Waals surface area contributed by atoms with E-state index in [-0.39, 0.29) is 52.7 Å². The number of hydrogen-bond donors (Lipinski definition) is 0. The van der Waals surface area contributed by atoms with Crippen LogP contribution in [0.1, 0.15) is 58.7 Å². The molecule has 2 atom stereocenters. The maximum absolute atomic E-state index is 17.5. The van der Waals surface area contributed by atoms with Crippen molar-refractivity contribution >= 4 is 34.3 Å². The number of nitrogens with zero attached hydrogens (tertiary/aromatic N) is 5. The molecule has 50 heavy (non-hydrogen) atoms. The number of carbonyl (C=O) groups excluding carboxylic acids is 2. The highest BCUT2D eigenvalue weighted by atomic mass is 19.1. The lowest BCUT2D eigenvalue weighted by molar-refractivity contribution is -0.121. The van der Waals surface area contributed by atoms with Crippen molar-refractivity contribution in [3.63, 3.8) is 0 Å². The highest BCUT2D eigenvalue weighted by Crippen LogP contribution is 2.46. The Balaban J connectivity index is 1.73. The molecule has 2 aliphatic rings. The van der Waals surface area contributed by atoms with Gasteiger partial charge < -0.3 is 24.2 Å². The van der Waals surface area contributed by atoms with Crippen LogP contribution in [-0.4, -0.2) is 71.4 Å². The molecule has 0 saturated carbocycles. The molecule has 2 amide bonds. The lowest BCUT2D eigenvalue weighted by Crippen LogP contribution is -2.66. The molecule has 10 nitrogen and oxygen atoms in total. The number of carbonyl (C=O) groups is 2. The second kappa shape index (κ2) is 12.4. The molecule has 0 spiro atoms. The van der Waals surface area contributed by atoms with Gasteiger partial charge in [0.1, 0.15) is 34.7 Å². The van der Waals surface area contributed by atoms with E-state index in [1.807, 2.05) is 13.8 Å². The summed E-state index contributed by atoms with van der Waals surface area (Å²) >= 11 is 0. The maximum Gasteiger partial charge on any atom is 0.410 e. The summed E-state index contributed by atoms with van der Waals surface area (Å²) in [5, 5.41) is -0.0196. The zero-order chi connectivity index (χ0) is 36.6. The largest absolute Gasteiger partial charge is 0.496 e. The summed E-state index contributed by atoms with van der Waals surface area (Å²) in [5.41, 5.74) is -1.69. The number of piperazine rings is 1. The number of amides is 2. The van der Waals surface area contributed by atoms with Gasteiger partial charge in [0, 0.05) is 31.2 Å². The molecule has 2 aromatic heterocycles. The smallest absolute Gasteiger partial charge is 0.410 e. The Morgan fingerprint density at radius 3 is 2.34 bits per heavy atom. The Kier molecular flexibility index (Phi) is 8.60. The minimum atomic E-state index is -1.20. The van der Waals surface area contributed by atoms with Crippen LogP contribution in [0.4, 0.5) is 29.3 Å². The first-order valence-electron chi connectivity index (χ1n) is 16.4. The summed E-state index contributed by atoms with van der Waals surface area (Å²) in [5.74, 6) is -4.05. The lowest BCUT2D eigenvalue weighted by Gasteiger charge is -2.50. The number of anilines is 2. The number of aromatic nitrogens is 2. The average molecular weight is 692 g/mol. The first-order chi connectivity index (χ1) is 23.5. The Morgan fingerprint density at radius 1 is 1.00 bits per heavy atom. The number of aryl methyl sites for hydroxylation is 1. The molecule has 1 saturated heterocycles. The zero-order valence-electron chi connectivity index (χ0n) is 29.5. The van der Waals surface area contributed by atoms with Gasteiger partial charge in [0.25, 0.3) is 11.5 Å². The molecule has 1 fully saturated rings. The Labute approximate surface area is 288 Å². The van der Waals surface area contributed by atoms with E-state index >= 15 is 13.2 Å². The molecule has 0 aliphatic carbocycles. The third-order valence-electron chi connectivity index (χ3n) is 9.28. The molecular formula is C37H40F3N5O5. The van der Waals surface area contributed by atoms with Crippen molar-refractivity contribution in [2.45, 2.75) is 72.1 Å². The Bertz CT molecular complexity index is 2130. The Hall–Kier alpha value is -5.07. The predicted octanol–water partition coefficient (Wildman–Crippen LogP) is 6.70. The van der Waals surface area contributed by atoms with Gasteiger partial charge in [0.2, 0.25) is 0 Å². The minimum absolute atomic E-state index is 0.0196. The van der Waals surface area contributed by atoms with E-state index in [1.54, 1.807) is 51.8 Å². The summed E-state index contributed by atoms with van der Waals surface area (Å²) in [6.45, 7) is 12.4. The number of fused-ring (bicyclic) bond motifs is 5. The van der Waals surface area contributed by atoms with E-state index in [9.17, 15) is 14.4 Å². The summed E-state index contributed by atoms with van der Waals surface area (Å²) in [6.07, 6.45) is 0.970. The van der Waals surface area contributed by atoms with E-state index in [0.717, 1.165) is 16.7 Å². The molecule has 0 N–H and O–H groups in total. The van der Waals surface area contributed by atoms with E-state index in [0.29, 0.717) is 11.3 Å². The fourth-order valence-electron chi connectivity index (χ4n) is 7.02. The molecule has 4 heterocycles. The van der Waals surface area contributed by atoms with Gasteiger partial charge in [0.15, 0.2) is 5.82 Å².